The number of nitrogens with one attached hydrogen (secondary N) is 1. The third-order valence-electron chi connectivity index (χ3n) is 4.61. The van der Waals surface area contributed by atoms with Crippen LogP contribution in [0.1, 0.15) is 24.2 Å². The number of benzene rings is 1. The molecule has 116 valence electrons. The maximum absolute atomic E-state index is 13.4. The Morgan fingerprint density at radius 1 is 1.36 bits per heavy atom. The summed E-state index contributed by atoms with van der Waals surface area (Å²) in [5.74, 6) is 0.541. The van der Waals surface area contributed by atoms with Crippen LogP contribution in [-0.4, -0.2) is 40.7 Å². The normalized spacial score (nSPS) is 22.5. The van der Waals surface area contributed by atoms with E-state index in [1.807, 2.05) is 6.07 Å². The molecule has 1 unspecified atom stereocenters. The maximum Gasteiger partial charge on any atom is 0.137 e. The lowest BCUT2D eigenvalue weighted by Crippen LogP contribution is -2.43. The van der Waals surface area contributed by atoms with Crippen molar-refractivity contribution < 1.29 is 9.13 Å². The first-order chi connectivity index (χ1) is 10.8. The van der Waals surface area contributed by atoms with Crippen LogP contribution in [0.25, 0.3) is 11.4 Å². The van der Waals surface area contributed by atoms with Crippen LogP contribution < -0.4 is 0 Å². The van der Waals surface area contributed by atoms with Gasteiger partial charge in [-0.1, -0.05) is 12.1 Å². The van der Waals surface area contributed by atoms with E-state index in [2.05, 4.69) is 14.9 Å². The Kier molecular flexibility index (Phi) is 3.68. The van der Waals surface area contributed by atoms with Crippen LogP contribution in [-0.2, 0) is 17.7 Å². The number of rotatable bonds is 2. The van der Waals surface area contributed by atoms with Crippen LogP contribution >= 0.6 is 0 Å². The quantitative estimate of drug-likeness (QED) is 0.927. The molecule has 2 aliphatic heterocycles. The van der Waals surface area contributed by atoms with E-state index in [1.54, 1.807) is 6.07 Å². The van der Waals surface area contributed by atoms with Crippen molar-refractivity contribution in [2.24, 2.45) is 0 Å². The van der Waals surface area contributed by atoms with Crippen molar-refractivity contribution >= 4 is 0 Å². The van der Waals surface area contributed by atoms with Crippen molar-refractivity contribution in [1.82, 2.24) is 14.9 Å². The SMILES string of the molecule is Fc1cccc(-c2nc3c([nH]2)CN(C2CCCOC2)CC3)c1. The van der Waals surface area contributed by atoms with Gasteiger partial charge in [-0.05, 0) is 25.0 Å². The van der Waals surface area contributed by atoms with Crippen LogP contribution in [0.5, 0.6) is 0 Å². The molecule has 1 fully saturated rings. The molecule has 4 nitrogen and oxygen atoms in total. The van der Waals surface area contributed by atoms with Crippen molar-refractivity contribution in [1.29, 1.82) is 0 Å². The summed E-state index contributed by atoms with van der Waals surface area (Å²) >= 11 is 0. The highest BCUT2D eigenvalue weighted by atomic mass is 19.1. The third kappa shape index (κ3) is 2.66. The lowest BCUT2D eigenvalue weighted by Gasteiger charge is -2.35. The van der Waals surface area contributed by atoms with Gasteiger partial charge in [0.05, 0.1) is 18.0 Å². The minimum Gasteiger partial charge on any atom is -0.380 e. The van der Waals surface area contributed by atoms with Gasteiger partial charge >= 0.3 is 0 Å². The Morgan fingerprint density at radius 3 is 3.14 bits per heavy atom. The average molecular weight is 301 g/mol. The van der Waals surface area contributed by atoms with Gasteiger partial charge in [0.2, 0.25) is 0 Å². The van der Waals surface area contributed by atoms with Gasteiger partial charge in [0.15, 0.2) is 0 Å². The van der Waals surface area contributed by atoms with Crippen molar-refractivity contribution in [2.75, 3.05) is 19.8 Å². The summed E-state index contributed by atoms with van der Waals surface area (Å²) in [6.07, 6.45) is 3.30. The predicted octanol–water partition coefficient (Wildman–Crippen LogP) is 2.75. The molecule has 1 aromatic heterocycles. The van der Waals surface area contributed by atoms with Gasteiger partial charge in [-0.3, -0.25) is 4.90 Å². The molecule has 22 heavy (non-hydrogen) atoms. The number of halogens is 1. The number of aromatic nitrogens is 2. The largest absolute Gasteiger partial charge is 0.380 e. The first-order valence-corrected chi connectivity index (χ1v) is 7.95. The van der Waals surface area contributed by atoms with E-state index in [9.17, 15) is 4.39 Å². The van der Waals surface area contributed by atoms with Crippen molar-refractivity contribution in [3.63, 3.8) is 0 Å². The predicted molar refractivity (Wildman–Crippen MR) is 81.9 cm³/mol. The smallest absolute Gasteiger partial charge is 0.137 e. The van der Waals surface area contributed by atoms with Gasteiger partial charge in [0.1, 0.15) is 11.6 Å². The molecule has 2 aliphatic rings. The van der Waals surface area contributed by atoms with Crippen molar-refractivity contribution in [3.05, 3.63) is 41.5 Å². The Labute approximate surface area is 129 Å². The first kappa shape index (κ1) is 13.9. The Morgan fingerprint density at radius 2 is 2.32 bits per heavy atom. The van der Waals surface area contributed by atoms with E-state index in [4.69, 9.17) is 4.74 Å². The van der Waals surface area contributed by atoms with E-state index in [-0.39, 0.29) is 5.82 Å². The minimum absolute atomic E-state index is 0.229. The molecule has 0 amide bonds. The zero-order valence-electron chi connectivity index (χ0n) is 12.5. The number of H-pyrrole nitrogens is 1. The highest BCUT2D eigenvalue weighted by Gasteiger charge is 2.27. The lowest BCUT2D eigenvalue weighted by atomic mass is 10.0. The van der Waals surface area contributed by atoms with Gasteiger partial charge in [-0.2, -0.15) is 0 Å². The average Bonchev–Trinajstić information content (AvgIpc) is 2.99. The number of aromatic amines is 1. The molecular weight excluding hydrogens is 281 g/mol. The summed E-state index contributed by atoms with van der Waals surface area (Å²) in [6.45, 7) is 3.63. The molecule has 1 saturated heterocycles. The summed E-state index contributed by atoms with van der Waals surface area (Å²) in [5, 5.41) is 0. The van der Waals surface area contributed by atoms with Crippen LogP contribution in [0.3, 0.4) is 0 Å². The molecule has 2 aromatic rings. The van der Waals surface area contributed by atoms with Crippen molar-refractivity contribution in [2.45, 2.75) is 31.8 Å². The lowest BCUT2D eigenvalue weighted by molar-refractivity contribution is 0.0119. The summed E-state index contributed by atoms with van der Waals surface area (Å²) in [6, 6.07) is 7.11. The number of hydrogen-bond acceptors (Lipinski definition) is 3. The fourth-order valence-electron chi connectivity index (χ4n) is 3.41. The van der Waals surface area contributed by atoms with E-state index < -0.39 is 0 Å². The van der Waals surface area contributed by atoms with Crippen molar-refractivity contribution in [3.8, 4) is 11.4 Å². The number of imidazole rings is 1. The van der Waals surface area contributed by atoms with Gasteiger partial charge in [-0.15, -0.1) is 0 Å². The topological polar surface area (TPSA) is 41.2 Å². The minimum atomic E-state index is -0.229. The molecular formula is C17H20FN3O. The Bertz CT molecular complexity index is 664. The Balaban J connectivity index is 1.55. The highest BCUT2D eigenvalue weighted by Crippen LogP contribution is 2.25. The summed E-state index contributed by atoms with van der Waals surface area (Å²) in [4.78, 5) is 10.5. The Hall–Kier alpha value is -1.72. The molecule has 1 N–H and O–H groups in total. The zero-order valence-corrected chi connectivity index (χ0v) is 12.5. The van der Waals surface area contributed by atoms with E-state index in [0.29, 0.717) is 6.04 Å². The van der Waals surface area contributed by atoms with Gasteiger partial charge < -0.3 is 9.72 Å². The second-order valence-electron chi connectivity index (χ2n) is 6.11. The van der Waals surface area contributed by atoms with Gasteiger partial charge in [-0.25, -0.2) is 9.37 Å². The molecule has 0 radical (unpaired) electrons. The van der Waals surface area contributed by atoms with E-state index in [0.717, 1.165) is 61.9 Å². The van der Waals surface area contributed by atoms with Gasteiger partial charge in [0, 0.05) is 37.7 Å². The van der Waals surface area contributed by atoms with Gasteiger partial charge in [0.25, 0.3) is 0 Å². The standard InChI is InChI=1S/C17H20FN3O/c18-13-4-1-3-12(9-13)17-19-15-6-7-21(10-16(15)20-17)14-5-2-8-22-11-14/h1,3-4,9,14H,2,5-8,10-11H2,(H,19,20). The highest BCUT2D eigenvalue weighted by molar-refractivity contribution is 5.56. The second-order valence-corrected chi connectivity index (χ2v) is 6.11. The van der Waals surface area contributed by atoms with Crippen LogP contribution in [0.15, 0.2) is 24.3 Å². The maximum atomic E-state index is 13.4. The molecule has 4 rings (SSSR count). The summed E-state index contributed by atoms with van der Waals surface area (Å²) in [5.41, 5.74) is 3.09. The van der Waals surface area contributed by atoms with Crippen LogP contribution in [0.2, 0.25) is 0 Å². The molecule has 0 aliphatic carbocycles. The zero-order chi connectivity index (χ0) is 14.9. The van der Waals surface area contributed by atoms with Crippen LogP contribution in [0.4, 0.5) is 4.39 Å². The molecule has 1 atom stereocenters. The van der Waals surface area contributed by atoms with Crippen LogP contribution in [0, 0.1) is 5.82 Å². The third-order valence-corrected chi connectivity index (χ3v) is 4.61. The molecule has 0 saturated carbocycles. The number of ether oxygens (including phenoxy) is 1. The molecule has 0 bridgehead atoms. The second kappa shape index (κ2) is 5.82. The fourth-order valence-corrected chi connectivity index (χ4v) is 3.41. The summed E-state index contributed by atoms with van der Waals surface area (Å²) in [7, 11) is 0. The molecule has 5 heteroatoms. The monoisotopic (exact) mass is 301 g/mol. The van der Waals surface area contributed by atoms with E-state index in [1.165, 1.54) is 18.6 Å². The number of nitrogens with zero attached hydrogens (tertiary/aromatic N) is 2. The summed E-state index contributed by atoms with van der Waals surface area (Å²) < 4.78 is 19.0. The number of fused-ring (bicyclic) bond motifs is 1. The number of hydrogen-bond donors (Lipinski definition) is 1. The molecule has 1 aromatic carbocycles. The molecule has 3 heterocycles. The van der Waals surface area contributed by atoms with E-state index >= 15 is 0 Å². The molecule has 0 spiro atoms. The first-order valence-electron chi connectivity index (χ1n) is 7.95. The fraction of sp³-hybridized carbons (Fsp3) is 0.471.